The van der Waals surface area contributed by atoms with Crippen molar-refractivity contribution in [3.63, 3.8) is 0 Å². The number of pyridine rings is 1. The van der Waals surface area contributed by atoms with Gasteiger partial charge in [-0.05, 0) is 84.6 Å². The number of aryl methyl sites for hydroxylation is 1. The van der Waals surface area contributed by atoms with Crippen LogP contribution in [0.1, 0.15) is 88.7 Å². The Balaban J connectivity index is 0.00000608. The van der Waals surface area contributed by atoms with Crippen LogP contribution in [-0.2, 0) is 37.3 Å². The summed E-state index contributed by atoms with van der Waals surface area (Å²) in [6, 6.07) is 62.4. The van der Waals surface area contributed by atoms with Gasteiger partial charge in [0.1, 0.15) is 11.5 Å². The number of ether oxygens (including phenoxy) is 1. The molecule has 0 saturated heterocycles. The first-order chi connectivity index (χ1) is 32.7. The van der Waals surface area contributed by atoms with Crippen LogP contribution in [0.5, 0.6) is 11.5 Å². The van der Waals surface area contributed by atoms with E-state index >= 15 is 0 Å². The zero-order chi connectivity index (χ0) is 48.6. The van der Waals surface area contributed by atoms with Gasteiger partial charge < -0.3 is 9.30 Å². The van der Waals surface area contributed by atoms with Crippen molar-refractivity contribution >= 4 is 50.6 Å². The number of hydrogen-bond acceptors (Lipinski definition) is 2. The molecule has 0 unspecified atom stereocenters. The van der Waals surface area contributed by atoms with Crippen molar-refractivity contribution in [3.05, 3.63) is 192 Å². The molecule has 334 valence electrons. The third kappa shape index (κ3) is 8.64. The molecule has 5 nitrogen and oxygen atoms in total. The molecule has 67 heavy (non-hydrogen) atoms. The summed E-state index contributed by atoms with van der Waals surface area (Å²) >= 11 is 0. The summed E-state index contributed by atoms with van der Waals surface area (Å²) < 4.78 is 38.6. The smallest absolute Gasteiger partial charge is 0.509 e. The Morgan fingerprint density at radius 1 is 0.582 bits per heavy atom. The Morgan fingerprint density at radius 2 is 1.25 bits per heavy atom. The fourth-order valence-electron chi connectivity index (χ4n) is 8.84. The molecule has 1 aliphatic heterocycles. The zero-order valence-electron chi connectivity index (χ0n) is 42.5. The number of aromatic nitrogens is 2. The van der Waals surface area contributed by atoms with Crippen molar-refractivity contribution in [2.24, 2.45) is 0 Å². The molecule has 3 heterocycles. The van der Waals surface area contributed by atoms with E-state index < -0.39 is 6.85 Å². The summed E-state index contributed by atoms with van der Waals surface area (Å²) in [6.07, 6.45) is 1.66. The molecule has 6 heteroatoms. The van der Waals surface area contributed by atoms with Gasteiger partial charge in [0.05, 0.1) is 5.56 Å². The fraction of sp³-hybridized carbons (Fsp3) is 0.213. The zero-order valence-corrected chi connectivity index (χ0v) is 41.8. The summed E-state index contributed by atoms with van der Waals surface area (Å²) in [7, 11) is 0. The minimum absolute atomic E-state index is 0. The predicted octanol–water partition coefficient (Wildman–Crippen LogP) is 16.0. The van der Waals surface area contributed by atoms with Gasteiger partial charge in [0, 0.05) is 51.1 Å². The molecule has 0 bridgehead atoms. The summed E-state index contributed by atoms with van der Waals surface area (Å²) in [5, 5.41) is 1.93. The predicted molar refractivity (Wildman–Crippen MR) is 275 cm³/mol. The second-order valence-corrected chi connectivity index (χ2v) is 20.4. The first-order valence-electron chi connectivity index (χ1n) is 24.2. The van der Waals surface area contributed by atoms with Gasteiger partial charge in [-0.25, -0.2) is 4.98 Å². The Kier molecular flexibility index (Phi) is 10.7. The maximum absolute atomic E-state index is 8.54. The number of para-hydroxylation sites is 2. The van der Waals surface area contributed by atoms with Gasteiger partial charge in [0.15, 0.2) is 0 Å². The Bertz CT molecular complexity index is 3530. The maximum atomic E-state index is 8.54. The van der Waals surface area contributed by atoms with E-state index in [0.29, 0.717) is 28.4 Å². The van der Waals surface area contributed by atoms with Crippen LogP contribution < -0.4 is 13.9 Å². The Labute approximate surface area is 414 Å². The first kappa shape index (κ1) is 41.8. The average Bonchev–Trinajstić information content (AvgIpc) is 3.87. The van der Waals surface area contributed by atoms with Crippen molar-refractivity contribution in [3.8, 4) is 39.6 Å². The van der Waals surface area contributed by atoms with Gasteiger partial charge in [-0.1, -0.05) is 169 Å². The third-order valence-electron chi connectivity index (χ3n) is 12.6. The van der Waals surface area contributed by atoms with E-state index in [4.69, 9.17) is 13.8 Å². The van der Waals surface area contributed by atoms with Gasteiger partial charge >= 0.3 is 32.8 Å². The average molecular weight is 1060 g/mol. The second-order valence-electron chi connectivity index (χ2n) is 20.4. The number of hydrogen-bond donors (Lipinski definition) is 0. The summed E-state index contributed by atoms with van der Waals surface area (Å²) in [5.41, 5.74) is 12.8. The number of rotatable bonds is 7. The van der Waals surface area contributed by atoms with Gasteiger partial charge in [0.25, 0.3) is 5.69 Å². The monoisotopic (exact) mass is 1060 g/mol. The van der Waals surface area contributed by atoms with Gasteiger partial charge in [-0.15, -0.1) is 23.6 Å². The summed E-state index contributed by atoms with van der Waals surface area (Å²) in [6.45, 7) is 18.0. The van der Waals surface area contributed by atoms with Crippen LogP contribution in [-0.4, -0.2) is 15.6 Å². The third-order valence-corrected chi connectivity index (χ3v) is 12.6. The van der Waals surface area contributed by atoms with Gasteiger partial charge in [-0.3, -0.25) is 0 Å². The van der Waals surface area contributed by atoms with Crippen molar-refractivity contribution in [2.45, 2.75) is 85.4 Å². The minimum atomic E-state index is -2.38. The standard InChI is InChI=1S/C61H56N4O.Pt/c1-40-31-57(62-38-53(40)41-19-12-11-13-20-41)65-54-27-15-14-25-51(54)52-30-29-49(37-56(52)65)66-48-24-17-23-46(36-48)63-39-64(47-34-44(60(5,6)7)33-45(35-47)61(8,9)10)58-50(26-18-28-55(58)63)42-21-16-22-43(32-42)59(2,3)4;/h11-35,38H,1-10H3;/q;+2/i1D3;. The molecule has 10 rings (SSSR count). The van der Waals surface area contributed by atoms with Crippen molar-refractivity contribution in [1.82, 2.24) is 18.7 Å². The molecular formula is C61H56N4OPt+2. The topological polar surface area (TPSA) is 33.1 Å². The van der Waals surface area contributed by atoms with Crippen LogP contribution in [0.3, 0.4) is 0 Å². The van der Waals surface area contributed by atoms with E-state index in [1.807, 2.05) is 83.4 Å². The van der Waals surface area contributed by atoms with Crippen LogP contribution in [0.25, 0.3) is 49.9 Å². The van der Waals surface area contributed by atoms with Crippen LogP contribution >= 0.6 is 0 Å². The normalized spacial score (nSPS) is 13.6. The largest absolute Gasteiger partial charge is 2.00 e. The molecule has 1 aliphatic rings. The minimum Gasteiger partial charge on any atom is -0.509 e. The quantitative estimate of drug-likeness (QED) is 0.118. The molecule has 0 aliphatic carbocycles. The van der Waals surface area contributed by atoms with Crippen molar-refractivity contribution < 1.29 is 29.9 Å². The van der Waals surface area contributed by atoms with E-state index in [1.54, 1.807) is 12.3 Å². The number of nitrogens with zero attached hydrogens (tertiary/aromatic N) is 4. The van der Waals surface area contributed by atoms with E-state index in [9.17, 15) is 0 Å². The van der Waals surface area contributed by atoms with Crippen LogP contribution in [0, 0.1) is 19.0 Å². The van der Waals surface area contributed by atoms with Crippen LogP contribution in [0.2, 0.25) is 0 Å². The second kappa shape index (κ2) is 17.2. The molecule has 0 saturated carbocycles. The number of benzene rings is 7. The Morgan fingerprint density at radius 3 is 1.99 bits per heavy atom. The molecule has 9 aromatic rings. The molecule has 0 atom stereocenters. The molecule has 0 radical (unpaired) electrons. The van der Waals surface area contributed by atoms with E-state index in [0.717, 1.165) is 55.7 Å². The Hall–Kier alpha value is -6.64. The fourth-order valence-corrected chi connectivity index (χ4v) is 8.84. The number of fused-ring (bicyclic) bond motifs is 4. The summed E-state index contributed by atoms with van der Waals surface area (Å²) in [5.74, 6) is 1.45. The SMILES string of the molecule is [2H]C([2H])([2H])c1cc(-n2c3[c-]c(Oc4[c-]c([N+]5=C=[N+](c6cc(C(C)(C)C)cc(C(C)(C)C)c6)c6c(-c7cccc(C(C)(C)C)c7)cccc65)ccc4)ccc3c3ccccc32)ncc1-c1ccccc1.[Pt+2]. The molecule has 0 N–H and O–H groups in total. The molecule has 0 fully saturated rings. The molecule has 0 spiro atoms. The van der Waals surface area contributed by atoms with Gasteiger partial charge in [-0.2, -0.15) is 12.1 Å². The van der Waals surface area contributed by atoms with Crippen molar-refractivity contribution in [1.29, 1.82) is 0 Å². The van der Waals surface area contributed by atoms with Crippen LogP contribution in [0.15, 0.2) is 158 Å². The first-order valence-corrected chi connectivity index (χ1v) is 22.7. The molecule has 0 amide bonds. The van der Waals surface area contributed by atoms with Gasteiger partial charge in [0.2, 0.25) is 5.69 Å². The summed E-state index contributed by atoms with van der Waals surface area (Å²) in [4.78, 5) is 4.89. The molecule has 7 aromatic carbocycles. The maximum Gasteiger partial charge on any atom is 2.00 e. The van der Waals surface area contributed by atoms with E-state index in [-0.39, 0.29) is 42.9 Å². The van der Waals surface area contributed by atoms with Crippen LogP contribution in [0.4, 0.5) is 22.7 Å². The molecule has 2 aromatic heterocycles. The van der Waals surface area contributed by atoms with Crippen molar-refractivity contribution in [2.75, 3.05) is 0 Å². The van der Waals surface area contributed by atoms with E-state index in [1.165, 1.54) is 16.7 Å². The van der Waals surface area contributed by atoms with E-state index in [2.05, 4.69) is 156 Å². The molecular weight excluding hydrogens is 1000 g/mol.